The number of rotatable bonds is 5. The van der Waals surface area contributed by atoms with Gasteiger partial charge in [-0.25, -0.2) is 4.68 Å². The Morgan fingerprint density at radius 2 is 1.60 bits per heavy atom. The van der Waals surface area contributed by atoms with Crippen molar-refractivity contribution in [3.05, 3.63) is 102 Å². The average molecular weight is 414 g/mol. The number of hydrogen-bond donors (Lipinski definition) is 1. The zero-order valence-electron chi connectivity index (χ0n) is 16.1. The zero-order valence-corrected chi connectivity index (χ0v) is 16.9. The largest absolute Gasteiger partial charge is 0.457 e. The molecule has 4 aromatic rings. The molecule has 6 heteroatoms. The standard InChI is InChI=1S/C24H19N3O2S/c28-24(19-13-7-8-14-22(19)29-18-11-5-2-6-12-18)25-23-20-15-30-16-21(20)26-27(23)17-9-3-1-4-10-17/h1-14H,15-16H2,(H,25,28). The quantitative estimate of drug-likeness (QED) is 0.458. The van der Waals surface area contributed by atoms with Crippen LogP contribution in [-0.2, 0) is 11.5 Å². The van der Waals surface area contributed by atoms with E-state index in [2.05, 4.69) is 5.32 Å². The predicted molar refractivity (Wildman–Crippen MR) is 119 cm³/mol. The van der Waals surface area contributed by atoms with Gasteiger partial charge >= 0.3 is 0 Å². The van der Waals surface area contributed by atoms with Gasteiger partial charge in [0.15, 0.2) is 0 Å². The molecule has 1 amide bonds. The van der Waals surface area contributed by atoms with E-state index in [1.54, 1.807) is 23.9 Å². The lowest BCUT2D eigenvalue weighted by Gasteiger charge is -2.13. The van der Waals surface area contributed by atoms with Gasteiger partial charge in [0.05, 0.1) is 16.9 Å². The van der Waals surface area contributed by atoms with E-state index in [1.165, 1.54) is 0 Å². The average Bonchev–Trinajstić information content (AvgIpc) is 3.38. The molecule has 0 aliphatic carbocycles. The molecular formula is C24H19N3O2S. The first-order chi connectivity index (χ1) is 14.8. The number of nitrogens with zero attached hydrogens (tertiary/aromatic N) is 2. The maximum absolute atomic E-state index is 13.3. The van der Waals surface area contributed by atoms with Crippen molar-refractivity contribution < 1.29 is 9.53 Å². The predicted octanol–water partition coefficient (Wildman–Crippen LogP) is 5.66. The monoisotopic (exact) mass is 413 g/mol. The summed E-state index contributed by atoms with van der Waals surface area (Å²) in [4.78, 5) is 13.3. The number of hydrogen-bond acceptors (Lipinski definition) is 4. The minimum Gasteiger partial charge on any atom is -0.457 e. The van der Waals surface area contributed by atoms with Crippen molar-refractivity contribution in [3.8, 4) is 17.2 Å². The number of benzene rings is 3. The SMILES string of the molecule is O=C(Nc1c2c(nn1-c1ccccc1)CSC2)c1ccccc1Oc1ccccc1. The van der Waals surface area contributed by atoms with Crippen molar-refractivity contribution in [2.45, 2.75) is 11.5 Å². The van der Waals surface area contributed by atoms with Crippen molar-refractivity contribution in [2.24, 2.45) is 0 Å². The number of aromatic nitrogens is 2. The number of fused-ring (bicyclic) bond motifs is 1. The first-order valence-electron chi connectivity index (χ1n) is 9.67. The third kappa shape index (κ3) is 3.57. The minimum absolute atomic E-state index is 0.224. The first kappa shape index (κ1) is 18.5. The Kier molecular flexibility index (Phi) is 4.99. The highest BCUT2D eigenvalue weighted by atomic mass is 32.2. The van der Waals surface area contributed by atoms with Crippen LogP contribution >= 0.6 is 11.8 Å². The zero-order chi connectivity index (χ0) is 20.3. The molecule has 30 heavy (non-hydrogen) atoms. The van der Waals surface area contributed by atoms with E-state index in [9.17, 15) is 4.79 Å². The van der Waals surface area contributed by atoms with Gasteiger partial charge in [0, 0.05) is 17.1 Å². The molecule has 5 rings (SSSR count). The Hall–Kier alpha value is -3.51. The van der Waals surface area contributed by atoms with Crippen molar-refractivity contribution in [1.82, 2.24) is 9.78 Å². The molecule has 1 N–H and O–H groups in total. The molecule has 0 saturated heterocycles. The summed E-state index contributed by atoms with van der Waals surface area (Å²) in [5, 5.41) is 7.85. The fourth-order valence-corrected chi connectivity index (χ4v) is 4.47. The summed E-state index contributed by atoms with van der Waals surface area (Å²) in [6, 6.07) is 26.6. The van der Waals surface area contributed by atoms with Crippen LogP contribution in [0.3, 0.4) is 0 Å². The Labute approximate surface area is 178 Å². The van der Waals surface area contributed by atoms with Crippen LogP contribution in [0.1, 0.15) is 21.6 Å². The molecular weight excluding hydrogens is 394 g/mol. The van der Waals surface area contributed by atoms with Crippen LogP contribution in [0.5, 0.6) is 11.5 Å². The van der Waals surface area contributed by atoms with Crippen LogP contribution in [0, 0.1) is 0 Å². The van der Waals surface area contributed by atoms with Crippen LogP contribution < -0.4 is 10.1 Å². The van der Waals surface area contributed by atoms with Gasteiger partial charge < -0.3 is 10.1 Å². The highest BCUT2D eigenvalue weighted by Crippen LogP contribution is 2.36. The van der Waals surface area contributed by atoms with Crippen LogP contribution in [0.25, 0.3) is 5.69 Å². The van der Waals surface area contributed by atoms with E-state index < -0.39 is 0 Å². The van der Waals surface area contributed by atoms with Crippen LogP contribution in [0.15, 0.2) is 84.9 Å². The van der Waals surface area contributed by atoms with E-state index in [1.807, 2.05) is 77.5 Å². The van der Waals surface area contributed by atoms with Gasteiger partial charge in [0.25, 0.3) is 5.91 Å². The van der Waals surface area contributed by atoms with Gasteiger partial charge in [-0.3, -0.25) is 4.79 Å². The topological polar surface area (TPSA) is 56.2 Å². The lowest BCUT2D eigenvalue weighted by atomic mass is 10.1. The smallest absolute Gasteiger partial charge is 0.260 e. The Morgan fingerprint density at radius 3 is 2.40 bits per heavy atom. The van der Waals surface area contributed by atoms with Gasteiger partial charge in [-0.05, 0) is 36.4 Å². The number of amides is 1. The molecule has 1 aliphatic heterocycles. The number of anilines is 1. The van der Waals surface area contributed by atoms with Gasteiger partial charge in [-0.2, -0.15) is 16.9 Å². The van der Waals surface area contributed by atoms with Crippen LogP contribution in [0.4, 0.5) is 5.82 Å². The lowest BCUT2D eigenvalue weighted by molar-refractivity contribution is 0.102. The summed E-state index contributed by atoms with van der Waals surface area (Å²) in [5.74, 6) is 3.38. The number of para-hydroxylation sites is 3. The molecule has 1 aromatic heterocycles. The number of thioether (sulfide) groups is 1. The molecule has 0 unspecified atom stereocenters. The third-order valence-electron chi connectivity index (χ3n) is 4.89. The number of ether oxygens (including phenoxy) is 1. The molecule has 5 nitrogen and oxygen atoms in total. The fourth-order valence-electron chi connectivity index (χ4n) is 3.43. The molecule has 0 atom stereocenters. The third-order valence-corrected chi connectivity index (χ3v) is 5.86. The first-order valence-corrected chi connectivity index (χ1v) is 10.8. The lowest BCUT2D eigenvalue weighted by Crippen LogP contribution is -2.17. The second kappa shape index (κ2) is 8.08. The molecule has 0 spiro atoms. The van der Waals surface area contributed by atoms with E-state index in [-0.39, 0.29) is 5.91 Å². The molecule has 0 radical (unpaired) electrons. The number of carbonyl (C=O) groups excluding carboxylic acids is 1. The molecule has 3 aromatic carbocycles. The molecule has 0 saturated carbocycles. The Morgan fingerprint density at radius 1 is 0.900 bits per heavy atom. The maximum Gasteiger partial charge on any atom is 0.260 e. The molecule has 0 fully saturated rings. The van der Waals surface area contributed by atoms with E-state index in [0.717, 1.165) is 34.3 Å². The van der Waals surface area contributed by atoms with Crippen molar-refractivity contribution in [3.63, 3.8) is 0 Å². The van der Waals surface area contributed by atoms with E-state index >= 15 is 0 Å². The summed E-state index contributed by atoms with van der Waals surface area (Å²) in [7, 11) is 0. The summed E-state index contributed by atoms with van der Waals surface area (Å²) < 4.78 is 7.79. The second-order valence-electron chi connectivity index (χ2n) is 6.88. The summed E-state index contributed by atoms with van der Waals surface area (Å²) in [6.07, 6.45) is 0. The highest BCUT2D eigenvalue weighted by molar-refractivity contribution is 7.98. The summed E-state index contributed by atoms with van der Waals surface area (Å²) >= 11 is 1.80. The van der Waals surface area contributed by atoms with Crippen molar-refractivity contribution in [2.75, 3.05) is 5.32 Å². The van der Waals surface area contributed by atoms with Crippen LogP contribution in [0.2, 0.25) is 0 Å². The van der Waals surface area contributed by atoms with Crippen molar-refractivity contribution in [1.29, 1.82) is 0 Å². The van der Waals surface area contributed by atoms with Crippen molar-refractivity contribution >= 4 is 23.5 Å². The van der Waals surface area contributed by atoms with E-state index in [4.69, 9.17) is 9.84 Å². The van der Waals surface area contributed by atoms with Gasteiger partial charge in [0.2, 0.25) is 0 Å². The highest BCUT2D eigenvalue weighted by Gasteiger charge is 2.25. The number of nitrogens with one attached hydrogen (secondary N) is 1. The van der Waals surface area contributed by atoms with E-state index in [0.29, 0.717) is 17.1 Å². The molecule has 0 bridgehead atoms. The van der Waals surface area contributed by atoms with Crippen LogP contribution in [-0.4, -0.2) is 15.7 Å². The molecule has 148 valence electrons. The fraction of sp³-hybridized carbons (Fsp3) is 0.0833. The Bertz CT molecular complexity index is 1190. The minimum atomic E-state index is -0.224. The molecule has 2 heterocycles. The Balaban J connectivity index is 1.49. The van der Waals surface area contributed by atoms with Gasteiger partial charge in [-0.15, -0.1) is 0 Å². The summed E-state index contributed by atoms with van der Waals surface area (Å²) in [6.45, 7) is 0. The number of carbonyl (C=O) groups is 1. The normalized spacial score (nSPS) is 12.4. The van der Waals surface area contributed by atoms with Gasteiger partial charge in [0.1, 0.15) is 17.3 Å². The molecule has 1 aliphatic rings. The summed E-state index contributed by atoms with van der Waals surface area (Å²) in [5.41, 5.74) is 3.49. The van der Waals surface area contributed by atoms with Gasteiger partial charge in [-0.1, -0.05) is 48.5 Å². The maximum atomic E-state index is 13.3. The second-order valence-corrected chi connectivity index (χ2v) is 7.87.